The van der Waals surface area contributed by atoms with Crippen LogP contribution in [0.5, 0.6) is 0 Å². The second-order valence-corrected chi connectivity index (χ2v) is 5.95. The van der Waals surface area contributed by atoms with Gasteiger partial charge in [-0.1, -0.05) is 31.2 Å². The van der Waals surface area contributed by atoms with Gasteiger partial charge in [0, 0.05) is 23.9 Å². The van der Waals surface area contributed by atoms with E-state index < -0.39 is 0 Å². The Hall–Kier alpha value is -1.12. The van der Waals surface area contributed by atoms with Crippen molar-refractivity contribution in [2.75, 3.05) is 6.54 Å². The maximum Gasteiger partial charge on any atom is 0.0302 e. The van der Waals surface area contributed by atoms with Crippen molar-refractivity contribution in [1.82, 2.24) is 5.32 Å². The zero-order chi connectivity index (χ0) is 12.4. The molecule has 1 aliphatic carbocycles. The first kappa shape index (κ1) is 11.9. The topological polar surface area (TPSA) is 12.0 Å². The highest BCUT2D eigenvalue weighted by Crippen LogP contribution is 2.34. The van der Waals surface area contributed by atoms with Crippen molar-refractivity contribution in [3.05, 3.63) is 57.3 Å². The maximum absolute atomic E-state index is 3.62. The summed E-state index contributed by atoms with van der Waals surface area (Å²) in [6.07, 6.45) is 2.39. The average molecular weight is 257 g/mol. The van der Waals surface area contributed by atoms with Gasteiger partial charge in [-0.15, -0.1) is 11.3 Å². The predicted molar refractivity (Wildman–Crippen MR) is 78.3 cm³/mol. The quantitative estimate of drug-likeness (QED) is 0.860. The Morgan fingerprint density at radius 1 is 1.28 bits per heavy atom. The van der Waals surface area contributed by atoms with Gasteiger partial charge in [-0.25, -0.2) is 0 Å². The molecular formula is C16H19NS. The minimum atomic E-state index is 0.728. The van der Waals surface area contributed by atoms with E-state index in [0.717, 1.165) is 25.4 Å². The number of rotatable bonds is 5. The highest BCUT2D eigenvalue weighted by molar-refractivity contribution is 7.10. The molecule has 94 valence electrons. The van der Waals surface area contributed by atoms with Crippen LogP contribution in [0, 0.1) is 0 Å². The molecule has 0 amide bonds. The van der Waals surface area contributed by atoms with E-state index in [-0.39, 0.29) is 0 Å². The number of aryl methyl sites for hydroxylation is 1. The third-order valence-electron chi connectivity index (χ3n) is 3.86. The molecule has 1 atom stereocenters. The summed E-state index contributed by atoms with van der Waals surface area (Å²) < 4.78 is 0. The van der Waals surface area contributed by atoms with Crippen LogP contribution in [-0.4, -0.2) is 6.54 Å². The fourth-order valence-electron chi connectivity index (χ4n) is 2.74. The van der Waals surface area contributed by atoms with Crippen LogP contribution in [0.3, 0.4) is 0 Å². The smallest absolute Gasteiger partial charge is 0.0302 e. The van der Waals surface area contributed by atoms with E-state index in [4.69, 9.17) is 0 Å². The highest BCUT2D eigenvalue weighted by atomic mass is 32.1. The largest absolute Gasteiger partial charge is 0.311 e. The fourth-order valence-corrected chi connectivity index (χ4v) is 3.69. The Morgan fingerprint density at radius 2 is 2.17 bits per heavy atom. The first-order valence-electron chi connectivity index (χ1n) is 6.72. The van der Waals surface area contributed by atoms with Crippen molar-refractivity contribution < 1.29 is 0 Å². The summed E-state index contributed by atoms with van der Waals surface area (Å²) in [6, 6.07) is 11.1. The molecule has 3 rings (SSSR count). The summed E-state index contributed by atoms with van der Waals surface area (Å²) >= 11 is 1.87. The number of benzene rings is 1. The number of thiophene rings is 1. The molecule has 0 fully saturated rings. The Morgan fingerprint density at radius 3 is 3.00 bits per heavy atom. The second-order valence-electron chi connectivity index (χ2n) is 4.95. The summed E-state index contributed by atoms with van der Waals surface area (Å²) in [5, 5.41) is 5.82. The van der Waals surface area contributed by atoms with Gasteiger partial charge in [0.2, 0.25) is 0 Å². The minimum Gasteiger partial charge on any atom is -0.311 e. The SMILES string of the molecule is CCc1ccsc1CNCC1Cc2ccccc21. The lowest BCUT2D eigenvalue weighted by Gasteiger charge is -2.30. The highest BCUT2D eigenvalue weighted by Gasteiger charge is 2.24. The van der Waals surface area contributed by atoms with Gasteiger partial charge in [0.05, 0.1) is 0 Å². The summed E-state index contributed by atoms with van der Waals surface area (Å²) in [6.45, 7) is 4.37. The number of fused-ring (bicyclic) bond motifs is 1. The molecule has 0 spiro atoms. The predicted octanol–water partition coefficient (Wildman–Crippen LogP) is 3.74. The lowest BCUT2D eigenvalue weighted by Crippen LogP contribution is -2.28. The molecule has 1 nitrogen and oxygen atoms in total. The standard InChI is InChI=1S/C16H19NS/c1-2-12-7-8-18-16(12)11-17-10-14-9-13-5-3-4-6-15(13)14/h3-8,14,17H,2,9-11H2,1H3. The number of hydrogen-bond donors (Lipinski definition) is 1. The van der Waals surface area contributed by atoms with Crippen LogP contribution in [-0.2, 0) is 19.4 Å². The van der Waals surface area contributed by atoms with E-state index in [0.29, 0.717) is 0 Å². The van der Waals surface area contributed by atoms with Crippen molar-refractivity contribution >= 4 is 11.3 Å². The minimum absolute atomic E-state index is 0.728. The lowest BCUT2D eigenvalue weighted by atomic mass is 9.77. The first-order chi connectivity index (χ1) is 8.88. The van der Waals surface area contributed by atoms with Crippen molar-refractivity contribution in [2.45, 2.75) is 32.2 Å². The van der Waals surface area contributed by atoms with E-state index in [9.17, 15) is 0 Å². The molecule has 0 bridgehead atoms. The van der Waals surface area contributed by atoms with Crippen LogP contribution in [0.2, 0.25) is 0 Å². The van der Waals surface area contributed by atoms with E-state index >= 15 is 0 Å². The summed E-state index contributed by atoms with van der Waals surface area (Å²) in [7, 11) is 0. The van der Waals surface area contributed by atoms with Crippen LogP contribution in [0.25, 0.3) is 0 Å². The molecule has 1 heterocycles. The average Bonchev–Trinajstić information content (AvgIpc) is 2.82. The van der Waals surface area contributed by atoms with Crippen molar-refractivity contribution in [3.63, 3.8) is 0 Å². The molecule has 1 unspecified atom stereocenters. The maximum atomic E-state index is 3.62. The molecule has 2 heteroatoms. The van der Waals surface area contributed by atoms with Gasteiger partial charge in [0.25, 0.3) is 0 Å². The molecule has 18 heavy (non-hydrogen) atoms. The normalized spacial score (nSPS) is 17.3. The second kappa shape index (κ2) is 5.25. The molecular weight excluding hydrogens is 238 g/mol. The van der Waals surface area contributed by atoms with Gasteiger partial charge in [-0.3, -0.25) is 0 Å². The number of hydrogen-bond acceptors (Lipinski definition) is 2. The van der Waals surface area contributed by atoms with Crippen LogP contribution < -0.4 is 5.32 Å². The zero-order valence-electron chi connectivity index (χ0n) is 10.8. The Kier molecular flexibility index (Phi) is 3.48. The number of nitrogens with one attached hydrogen (secondary N) is 1. The Labute approximate surface area is 113 Å². The van der Waals surface area contributed by atoms with Gasteiger partial charge in [-0.05, 0) is 41.0 Å². The molecule has 1 N–H and O–H groups in total. The monoisotopic (exact) mass is 257 g/mol. The third kappa shape index (κ3) is 2.23. The molecule has 0 radical (unpaired) electrons. The lowest BCUT2D eigenvalue weighted by molar-refractivity contribution is 0.537. The van der Waals surface area contributed by atoms with Crippen LogP contribution in [0.1, 0.15) is 34.4 Å². The van der Waals surface area contributed by atoms with Crippen molar-refractivity contribution in [3.8, 4) is 0 Å². The zero-order valence-corrected chi connectivity index (χ0v) is 11.6. The van der Waals surface area contributed by atoms with Crippen molar-refractivity contribution in [1.29, 1.82) is 0 Å². The van der Waals surface area contributed by atoms with E-state index in [1.807, 2.05) is 11.3 Å². The molecule has 0 aliphatic heterocycles. The molecule has 1 aromatic heterocycles. The Balaban J connectivity index is 1.52. The van der Waals surface area contributed by atoms with E-state index in [1.54, 1.807) is 5.56 Å². The fraction of sp³-hybridized carbons (Fsp3) is 0.375. The van der Waals surface area contributed by atoms with Gasteiger partial charge >= 0.3 is 0 Å². The van der Waals surface area contributed by atoms with Gasteiger partial charge < -0.3 is 5.32 Å². The summed E-state index contributed by atoms with van der Waals surface area (Å²) in [5.74, 6) is 0.728. The summed E-state index contributed by atoms with van der Waals surface area (Å²) in [5.41, 5.74) is 4.59. The summed E-state index contributed by atoms with van der Waals surface area (Å²) in [4.78, 5) is 1.50. The third-order valence-corrected chi connectivity index (χ3v) is 4.82. The van der Waals surface area contributed by atoms with Gasteiger partial charge in [-0.2, -0.15) is 0 Å². The van der Waals surface area contributed by atoms with Crippen LogP contribution in [0.15, 0.2) is 35.7 Å². The molecule has 1 aliphatic rings. The van der Waals surface area contributed by atoms with Crippen LogP contribution in [0.4, 0.5) is 0 Å². The van der Waals surface area contributed by atoms with E-state index in [1.165, 1.54) is 22.4 Å². The Bertz CT molecular complexity index is 529. The first-order valence-corrected chi connectivity index (χ1v) is 7.60. The molecule has 0 saturated heterocycles. The van der Waals surface area contributed by atoms with Crippen molar-refractivity contribution in [2.24, 2.45) is 0 Å². The van der Waals surface area contributed by atoms with Gasteiger partial charge in [0.1, 0.15) is 0 Å². The molecule has 2 aromatic rings. The molecule has 0 saturated carbocycles. The van der Waals surface area contributed by atoms with Gasteiger partial charge in [0.15, 0.2) is 0 Å². The molecule has 1 aromatic carbocycles. The van der Waals surface area contributed by atoms with Crippen LogP contribution >= 0.6 is 11.3 Å². The van der Waals surface area contributed by atoms with E-state index in [2.05, 4.69) is 48.0 Å².